The minimum absolute atomic E-state index is 0.0243. The summed E-state index contributed by atoms with van der Waals surface area (Å²) in [6.45, 7) is 11.4. The predicted molar refractivity (Wildman–Crippen MR) is 128 cm³/mol. The third-order valence-electron chi connectivity index (χ3n) is 6.81. The van der Waals surface area contributed by atoms with E-state index in [1.165, 1.54) is 4.31 Å². The summed E-state index contributed by atoms with van der Waals surface area (Å²) in [7, 11) is -3.54. The smallest absolute Gasteiger partial charge is 0.243 e. The number of pyridine rings is 1. The standard InChI is InChI=1S/C25H34N4O3S/c1-19(24(30)28-13-11-23-20(18-28)6-5-12-26-23)27-14-16-29(17-15-27)33(31,32)22-9-7-21(8-10-22)25(2,3)4/h5-10,12,19H,11,13-18H2,1-4H3. The molecule has 1 atom stereocenters. The highest BCUT2D eigenvalue weighted by Crippen LogP contribution is 2.25. The lowest BCUT2D eigenvalue weighted by molar-refractivity contribution is -0.137. The molecule has 2 aliphatic heterocycles. The Morgan fingerprint density at radius 2 is 1.67 bits per heavy atom. The summed E-state index contributed by atoms with van der Waals surface area (Å²) in [6.07, 6.45) is 2.57. The van der Waals surface area contributed by atoms with Gasteiger partial charge in [-0.1, -0.05) is 39.0 Å². The molecule has 1 amide bonds. The molecule has 0 saturated carbocycles. The number of benzene rings is 1. The molecule has 0 N–H and O–H groups in total. The molecule has 7 nitrogen and oxygen atoms in total. The van der Waals surface area contributed by atoms with Crippen LogP contribution in [0.1, 0.15) is 44.5 Å². The van der Waals surface area contributed by atoms with E-state index in [0.717, 1.165) is 23.2 Å². The molecule has 0 bridgehead atoms. The summed E-state index contributed by atoms with van der Waals surface area (Å²) < 4.78 is 27.8. The molecule has 4 rings (SSSR count). The highest BCUT2D eigenvalue weighted by molar-refractivity contribution is 7.89. The van der Waals surface area contributed by atoms with Gasteiger partial charge >= 0.3 is 0 Å². The van der Waals surface area contributed by atoms with Crippen LogP contribution in [0.5, 0.6) is 0 Å². The van der Waals surface area contributed by atoms with Crippen molar-refractivity contribution < 1.29 is 13.2 Å². The first-order valence-electron chi connectivity index (χ1n) is 11.6. The van der Waals surface area contributed by atoms with Crippen molar-refractivity contribution in [3.63, 3.8) is 0 Å². The number of piperazine rings is 1. The maximum Gasteiger partial charge on any atom is 0.243 e. The predicted octanol–water partition coefficient (Wildman–Crippen LogP) is 2.66. The average molecular weight is 471 g/mol. The van der Waals surface area contributed by atoms with E-state index in [1.807, 2.05) is 36.1 Å². The molecular formula is C25H34N4O3S. The molecule has 8 heteroatoms. The van der Waals surface area contributed by atoms with Crippen molar-refractivity contribution in [1.29, 1.82) is 0 Å². The molecule has 2 aliphatic rings. The molecule has 1 fully saturated rings. The van der Waals surface area contributed by atoms with Gasteiger partial charge in [-0.15, -0.1) is 0 Å². The van der Waals surface area contributed by atoms with Crippen LogP contribution in [0.3, 0.4) is 0 Å². The highest BCUT2D eigenvalue weighted by Gasteiger charge is 2.34. The average Bonchev–Trinajstić information content (AvgIpc) is 2.82. The Bertz CT molecular complexity index is 1100. The van der Waals surface area contributed by atoms with Gasteiger partial charge < -0.3 is 4.90 Å². The van der Waals surface area contributed by atoms with E-state index in [1.54, 1.807) is 18.3 Å². The van der Waals surface area contributed by atoms with Gasteiger partial charge in [-0.3, -0.25) is 14.7 Å². The van der Waals surface area contributed by atoms with Crippen molar-refractivity contribution in [2.75, 3.05) is 32.7 Å². The van der Waals surface area contributed by atoms with Gasteiger partial charge in [0.25, 0.3) is 0 Å². The van der Waals surface area contributed by atoms with Crippen molar-refractivity contribution >= 4 is 15.9 Å². The van der Waals surface area contributed by atoms with Crippen LogP contribution in [-0.4, -0.2) is 72.2 Å². The van der Waals surface area contributed by atoms with Crippen LogP contribution in [0.2, 0.25) is 0 Å². The number of nitrogens with zero attached hydrogens (tertiary/aromatic N) is 4. The molecule has 0 radical (unpaired) electrons. The Labute approximate surface area is 197 Å². The van der Waals surface area contributed by atoms with Gasteiger partial charge in [0.05, 0.1) is 10.9 Å². The molecule has 1 unspecified atom stereocenters. The van der Waals surface area contributed by atoms with E-state index in [0.29, 0.717) is 44.2 Å². The molecule has 1 saturated heterocycles. The summed E-state index contributed by atoms with van der Waals surface area (Å²) in [6, 6.07) is 10.9. The molecule has 3 heterocycles. The summed E-state index contributed by atoms with van der Waals surface area (Å²) >= 11 is 0. The monoisotopic (exact) mass is 470 g/mol. The van der Waals surface area contributed by atoms with Gasteiger partial charge in [0.15, 0.2) is 0 Å². The number of hydrogen-bond donors (Lipinski definition) is 0. The van der Waals surface area contributed by atoms with Crippen molar-refractivity contribution in [3.05, 3.63) is 59.4 Å². The summed E-state index contributed by atoms with van der Waals surface area (Å²) in [5, 5.41) is 0. The number of hydrogen-bond acceptors (Lipinski definition) is 5. The van der Waals surface area contributed by atoms with Crippen molar-refractivity contribution in [2.45, 2.75) is 57.0 Å². The lowest BCUT2D eigenvalue weighted by Gasteiger charge is -2.39. The van der Waals surface area contributed by atoms with E-state index in [2.05, 4.69) is 30.7 Å². The third-order valence-corrected chi connectivity index (χ3v) is 8.73. The number of amides is 1. The quantitative estimate of drug-likeness (QED) is 0.687. The third kappa shape index (κ3) is 4.98. The van der Waals surface area contributed by atoms with Crippen LogP contribution in [0.4, 0.5) is 0 Å². The number of aromatic nitrogens is 1. The normalized spacial score (nSPS) is 19.2. The van der Waals surface area contributed by atoms with Crippen molar-refractivity contribution in [3.8, 4) is 0 Å². The first-order valence-corrected chi connectivity index (χ1v) is 13.1. The van der Waals surface area contributed by atoms with Gasteiger partial charge in [-0.25, -0.2) is 8.42 Å². The van der Waals surface area contributed by atoms with E-state index >= 15 is 0 Å². The Hall–Kier alpha value is -2.29. The lowest BCUT2D eigenvalue weighted by Crippen LogP contribution is -2.55. The fourth-order valence-electron chi connectivity index (χ4n) is 4.58. The fraction of sp³-hybridized carbons (Fsp3) is 0.520. The maximum atomic E-state index is 13.2. The summed E-state index contributed by atoms with van der Waals surface area (Å²) in [5.74, 6) is 0.0959. The lowest BCUT2D eigenvalue weighted by atomic mass is 9.87. The summed E-state index contributed by atoms with van der Waals surface area (Å²) in [4.78, 5) is 21.9. The van der Waals surface area contributed by atoms with Crippen LogP contribution in [-0.2, 0) is 33.2 Å². The number of carbonyl (C=O) groups is 1. The first kappa shape index (κ1) is 23.9. The van der Waals surface area contributed by atoms with Gasteiger partial charge in [-0.2, -0.15) is 4.31 Å². The van der Waals surface area contributed by atoms with Crippen LogP contribution in [0.25, 0.3) is 0 Å². The maximum absolute atomic E-state index is 13.2. The van der Waals surface area contributed by atoms with Gasteiger partial charge in [0.2, 0.25) is 15.9 Å². The van der Waals surface area contributed by atoms with E-state index in [9.17, 15) is 13.2 Å². The largest absolute Gasteiger partial charge is 0.337 e. The van der Waals surface area contributed by atoms with Crippen LogP contribution in [0.15, 0.2) is 47.5 Å². The fourth-order valence-corrected chi connectivity index (χ4v) is 6.00. The molecule has 178 valence electrons. The Morgan fingerprint density at radius 3 is 2.30 bits per heavy atom. The molecule has 0 spiro atoms. The van der Waals surface area contributed by atoms with Crippen molar-refractivity contribution in [2.24, 2.45) is 0 Å². The molecular weight excluding hydrogens is 436 g/mol. The SMILES string of the molecule is CC(C(=O)N1CCc2ncccc2C1)N1CCN(S(=O)(=O)c2ccc(C(C)(C)C)cc2)CC1. The Balaban J connectivity index is 1.36. The number of fused-ring (bicyclic) bond motifs is 1. The number of rotatable bonds is 4. The first-order chi connectivity index (χ1) is 15.6. The van der Waals surface area contributed by atoms with Crippen LogP contribution in [0, 0.1) is 0 Å². The second-order valence-electron chi connectivity index (χ2n) is 10.0. The zero-order valence-electron chi connectivity index (χ0n) is 20.0. The zero-order valence-corrected chi connectivity index (χ0v) is 20.8. The van der Waals surface area contributed by atoms with E-state index in [4.69, 9.17) is 0 Å². The number of carbonyl (C=O) groups excluding carboxylic acids is 1. The second kappa shape index (κ2) is 9.16. The Kier molecular flexibility index (Phi) is 6.62. The van der Waals surface area contributed by atoms with Gasteiger partial charge in [0, 0.05) is 57.6 Å². The van der Waals surface area contributed by atoms with E-state index < -0.39 is 10.0 Å². The van der Waals surface area contributed by atoms with Crippen molar-refractivity contribution in [1.82, 2.24) is 19.1 Å². The minimum Gasteiger partial charge on any atom is -0.337 e. The van der Waals surface area contributed by atoms with Crippen LogP contribution < -0.4 is 0 Å². The Morgan fingerprint density at radius 1 is 1.00 bits per heavy atom. The van der Waals surface area contributed by atoms with Gasteiger partial charge in [0.1, 0.15) is 0 Å². The minimum atomic E-state index is -3.54. The topological polar surface area (TPSA) is 73.8 Å². The van der Waals surface area contributed by atoms with Gasteiger partial charge in [-0.05, 0) is 41.7 Å². The zero-order chi connectivity index (χ0) is 23.8. The molecule has 0 aliphatic carbocycles. The molecule has 1 aromatic carbocycles. The molecule has 2 aromatic rings. The van der Waals surface area contributed by atoms with Crippen LogP contribution >= 0.6 is 0 Å². The van der Waals surface area contributed by atoms with E-state index in [-0.39, 0.29) is 17.4 Å². The number of sulfonamides is 1. The molecule has 1 aromatic heterocycles. The summed E-state index contributed by atoms with van der Waals surface area (Å²) in [5.41, 5.74) is 3.26. The molecule has 33 heavy (non-hydrogen) atoms. The second-order valence-corrected chi connectivity index (χ2v) is 11.9. The highest BCUT2D eigenvalue weighted by atomic mass is 32.2.